The molecule has 128 valence electrons. The summed E-state index contributed by atoms with van der Waals surface area (Å²) in [6, 6.07) is 17.5. The fourth-order valence-corrected chi connectivity index (χ4v) is 3.56. The molecule has 2 heterocycles. The average molecular weight is 331 g/mol. The zero-order valence-corrected chi connectivity index (χ0v) is 14.8. The lowest BCUT2D eigenvalue weighted by Crippen LogP contribution is -2.18. The van der Waals surface area contributed by atoms with Crippen molar-refractivity contribution in [1.29, 1.82) is 0 Å². The molecule has 25 heavy (non-hydrogen) atoms. The van der Waals surface area contributed by atoms with E-state index in [4.69, 9.17) is 0 Å². The summed E-state index contributed by atoms with van der Waals surface area (Å²) < 4.78 is 2.39. The number of rotatable bonds is 5. The van der Waals surface area contributed by atoms with E-state index in [9.17, 15) is 0 Å². The second-order valence-corrected chi connectivity index (χ2v) is 6.94. The van der Waals surface area contributed by atoms with E-state index in [0.717, 1.165) is 26.1 Å². The number of nitrogens with zero attached hydrogens (tertiary/aromatic N) is 2. The van der Waals surface area contributed by atoms with Gasteiger partial charge in [0.1, 0.15) is 5.82 Å². The van der Waals surface area contributed by atoms with Crippen LogP contribution < -0.4 is 5.32 Å². The van der Waals surface area contributed by atoms with Gasteiger partial charge in [-0.3, -0.25) is 0 Å². The summed E-state index contributed by atoms with van der Waals surface area (Å²) in [7, 11) is 0. The minimum atomic E-state index is 0.875. The Bertz CT molecular complexity index is 846. The smallest absolute Gasteiger partial charge is 0.108 e. The van der Waals surface area contributed by atoms with Crippen LogP contribution in [0.3, 0.4) is 0 Å². The molecule has 4 rings (SSSR count). The summed E-state index contributed by atoms with van der Waals surface area (Å²) in [6.07, 6.45) is 5.71. The zero-order valence-electron chi connectivity index (χ0n) is 14.8. The number of hydrogen-bond donors (Lipinski definition) is 1. The first kappa shape index (κ1) is 16.1. The Hall–Kier alpha value is -2.39. The van der Waals surface area contributed by atoms with Gasteiger partial charge in [-0.15, -0.1) is 0 Å². The fourth-order valence-electron chi connectivity index (χ4n) is 3.56. The van der Waals surface area contributed by atoms with Crippen LogP contribution in [-0.4, -0.2) is 9.55 Å². The number of aromatic nitrogens is 2. The Morgan fingerprint density at radius 3 is 2.76 bits per heavy atom. The van der Waals surface area contributed by atoms with Crippen molar-refractivity contribution in [3.8, 4) is 11.1 Å². The van der Waals surface area contributed by atoms with Crippen LogP contribution in [0.1, 0.15) is 35.5 Å². The van der Waals surface area contributed by atoms with E-state index in [1.807, 2.05) is 6.20 Å². The quantitative estimate of drug-likeness (QED) is 0.747. The molecule has 0 bridgehead atoms. The summed E-state index contributed by atoms with van der Waals surface area (Å²) in [4.78, 5) is 4.57. The third kappa shape index (κ3) is 3.67. The van der Waals surface area contributed by atoms with Crippen molar-refractivity contribution >= 4 is 0 Å². The highest BCUT2D eigenvalue weighted by molar-refractivity contribution is 5.64. The second-order valence-electron chi connectivity index (χ2n) is 6.94. The van der Waals surface area contributed by atoms with Crippen LogP contribution in [0.4, 0.5) is 0 Å². The van der Waals surface area contributed by atoms with E-state index >= 15 is 0 Å². The maximum atomic E-state index is 4.57. The van der Waals surface area contributed by atoms with Crippen molar-refractivity contribution in [3.63, 3.8) is 0 Å². The molecule has 0 saturated heterocycles. The lowest BCUT2D eigenvalue weighted by molar-refractivity contribution is 0.499. The molecule has 2 aromatic carbocycles. The minimum absolute atomic E-state index is 0.875. The fraction of sp³-hybridized carbons (Fsp3) is 0.318. The molecular weight excluding hydrogens is 306 g/mol. The topological polar surface area (TPSA) is 29.9 Å². The number of imidazole rings is 1. The van der Waals surface area contributed by atoms with Crippen LogP contribution in [0.25, 0.3) is 11.1 Å². The van der Waals surface area contributed by atoms with E-state index in [1.54, 1.807) is 0 Å². The van der Waals surface area contributed by atoms with Gasteiger partial charge in [0.2, 0.25) is 0 Å². The van der Waals surface area contributed by atoms with Crippen LogP contribution in [0, 0.1) is 6.92 Å². The molecule has 0 aliphatic carbocycles. The van der Waals surface area contributed by atoms with Gasteiger partial charge in [-0.25, -0.2) is 4.98 Å². The largest absolute Gasteiger partial charge is 0.331 e. The minimum Gasteiger partial charge on any atom is -0.331 e. The van der Waals surface area contributed by atoms with Crippen molar-refractivity contribution in [1.82, 2.24) is 14.9 Å². The first-order valence-electron chi connectivity index (χ1n) is 9.19. The van der Waals surface area contributed by atoms with E-state index in [1.165, 1.54) is 46.6 Å². The molecule has 1 N–H and O–H groups in total. The lowest BCUT2D eigenvalue weighted by atomic mass is 10.0. The highest BCUT2D eigenvalue weighted by Gasteiger charge is 2.13. The number of benzene rings is 2. The number of fused-ring (bicyclic) bond motifs is 1. The summed E-state index contributed by atoms with van der Waals surface area (Å²) in [5.74, 6) is 1.25. The molecule has 3 aromatic rings. The summed E-state index contributed by atoms with van der Waals surface area (Å²) in [5.41, 5.74) is 6.48. The Morgan fingerprint density at radius 2 is 1.88 bits per heavy atom. The van der Waals surface area contributed by atoms with E-state index in [2.05, 4.69) is 70.3 Å². The van der Waals surface area contributed by atoms with Crippen LogP contribution in [0.2, 0.25) is 0 Å². The van der Waals surface area contributed by atoms with Crippen molar-refractivity contribution in [2.45, 2.75) is 45.8 Å². The van der Waals surface area contributed by atoms with Gasteiger partial charge in [-0.1, -0.05) is 48.0 Å². The molecule has 1 aromatic heterocycles. The van der Waals surface area contributed by atoms with Gasteiger partial charge in [0.15, 0.2) is 0 Å². The molecule has 0 spiro atoms. The van der Waals surface area contributed by atoms with Crippen molar-refractivity contribution < 1.29 is 0 Å². The molecule has 0 unspecified atom stereocenters. The number of nitrogens with one attached hydrogen (secondary N) is 1. The van der Waals surface area contributed by atoms with Gasteiger partial charge < -0.3 is 9.88 Å². The van der Waals surface area contributed by atoms with Crippen LogP contribution in [0.5, 0.6) is 0 Å². The standard InChI is InChI=1S/C22H25N3/c1-17-8-10-19(11-9-17)20-6-4-5-18(13-20)14-23-15-21-16-24-22-7-2-3-12-25(21)22/h4-6,8-11,13,16,23H,2-3,7,12,14-15H2,1H3. The maximum Gasteiger partial charge on any atom is 0.108 e. The van der Waals surface area contributed by atoms with Crippen molar-refractivity contribution in [2.75, 3.05) is 0 Å². The van der Waals surface area contributed by atoms with E-state index in [0.29, 0.717) is 0 Å². The zero-order chi connectivity index (χ0) is 17.1. The highest BCUT2D eigenvalue weighted by atomic mass is 15.1. The number of hydrogen-bond acceptors (Lipinski definition) is 2. The van der Waals surface area contributed by atoms with Crippen molar-refractivity contribution in [2.24, 2.45) is 0 Å². The molecule has 0 saturated carbocycles. The highest BCUT2D eigenvalue weighted by Crippen LogP contribution is 2.21. The Labute approximate surface area is 149 Å². The molecule has 0 radical (unpaired) electrons. The van der Waals surface area contributed by atoms with E-state index < -0.39 is 0 Å². The molecule has 1 aliphatic rings. The maximum absolute atomic E-state index is 4.57. The molecule has 0 atom stereocenters. The van der Waals surface area contributed by atoms with Gasteiger partial charge in [-0.2, -0.15) is 0 Å². The van der Waals surface area contributed by atoms with Crippen molar-refractivity contribution in [3.05, 3.63) is 77.4 Å². The van der Waals surface area contributed by atoms with Gasteiger partial charge in [0, 0.05) is 32.3 Å². The van der Waals surface area contributed by atoms with Crippen LogP contribution in [-0.2, 0) is 26.1 Å². The normalized spacial score (nSPS) is 13.6. The number of aryl methyl sites for hydroxylation is 2. The van der Waals surface area contributed by atoms with Gasteiger partial charge >= 0.3 is 0 Å². The van der Waals surface area contributed by atoms with Gasteiger partial charge in [0.05, 0.1) is 5.69 Å². The van der Waals surface area contributed by atoms with Crippen LogP contribution >= 0.6 is 0 Å². The predicted molar refractivity (Wildman–Crippen MR) is 102 cm³/mol. The molecule has 0 amide bonds. The molecule has 3 nitrogen and oxygen atoms in total. The van der Waals surface area contributed by atoms with E-state index in [-0.39, 0.29) is 0 Å². The average Bonchev–Trinajstić information content (AvgIpc) is 3.06. The molecular formula is C22H25N3. The third-order valence-electron chi connectivity index (χ3n) is 5.00. The monoisotopic (exact) mass is 331 g/mol. The first-order valence-corrected chi connectivity index (χ1v) is 9.19. The predicted octanol–water partition coefficient (Wildman–Crippen LogP) is 4.48. The second kappa shape index (κ2) is 7.24. The van der Waals surface area contributed by atoms with Crippen LogP contribution in [0.15, 0.2) is 54.7 Å². The van der Waals surface area contributed by atoms with Gasteiger partial charge in [0.25, 0.3) is 0 Å². The lowest BCUT2D eigenvalue weighted by Gasteiger charge is -2.16. The summed E-state index contributed by atoms with van der Waals surface area (Å²) in [5, 5.41) is 3.58. The summed E-state index contributed by atoms with van der Waals surface area (Å²) >= 11 is 0. The van der Waals surface area contributed by atoms with Gasteiger partial charge in [-0.05, 0) is 42.5 Å². The molecule has 1 aliphatic heterocycles. The molecule has 3 heteroatoms. The first-order chi connectivity index (χ1) is 12.3. The Balaban J connectivity index is 1.41. The Morgan fingerprint density at radius 1 is 1.00 bits per heavy atom. The third-order valence-corrected chi connectivity index (χ3v) is 5.00. The Kier molecular flexibility index (Phi) is 4.66. The summed E-state index contributed by atoms with van der Waals surface area (Å²) in [6.45, 7) is 5.00. The molecule has 0 fully saturated rings. The SMILES string of the molecule is Cc1ccc(-c2cccc(CNCc3cnc4n3CCCC4)c2)cc1.